The summed E-state index contributed by atoms with van der Waals surface area (Å²) in [5, 5.41) is 3.89. The molecule has 1 amide bonds. The molecule has 218 valence electrons. The van der Waals surface area contributed by atoms with Gasteiger partial charge in [0.1, 0.15) is 17.1 Å². The largest absolute Gasteiger partial charge is 0.359 e. The van der Waals surface area contributed by atoms with E-state index in [4.69, 9.17) is 9.52 Å². The first-order chi connectivity index (χ1) is 19.7. The van der Waals surface area contributed by atoms with Gasteiger partial charge < -0.3 is 4.52 Å². The van der Waals surface area contributed by atoms with Gasteiger partial charge in [-0.2, -0.15) is 0 Å². The molecule has 0 saturated heterocycles. The lowest BCUT2D eigenvalue weighted by atomic mass is 9.94. The van der Waals surface area contributed by atoms with Crippen molar-refractivity contribution in [2.45, 2.75) is 102 Å². The van der Waals surface area contributed by atoms with Crippen LogP contribution in [-0.2, 0) is 27.8 Å². The number of hydrogen-bond donors (Lipinski definition) is 1. The summed E-state index contributed by atoms with van der Waals surface area (Å²) in [5.74, 6) is 1.82. The van der Waals surface area contributed by atoms with Crippen molar-refractivity contribution in [1.29, 1.82) is 0 Å². The van der Waals surface area contributed by atoms with Crippen LogP contribution in [0.25, 0.3) is 11.1 Å². The fourth-order valence-corrected chi connectivity index (χ4v) is 7.26. The van der Waals surface area contributed by atoms with Crippen molar-refractivity contribution in [2.24, 2.45) is 4.99 Å². The Labute approximate surface area is 243 Å². The van der Waals surface area contributed by atoms with Crippen molar-refractivity contribution in [3.8, 4) is 11.1 Å². The van der Waals surface area contributed by atoms with Gasteiger partial charge in [0.2, 0.25) is 0 Å². The van der Waals surface area contributed by atoms with Crippen molar-refractivity contribution >= 4 is 27.6 Å². The monoisotopic (exact) mass is 576 g/mol. The number of benzene rings is 2. The van der Waals surface area contributed by atoms with Gasteiger partial charge in [-0.15, -0.1) is 0 Å². The summed E-state index contributed by atoms with van der Waals surface area (Å²) in [5.41, 5.74) is 3.66. The lowest BCUT2D eigenvalue weighted by molar-refractivity contribution is -0.131. The molecular formula is C32H40N4O4S. The molecule has 1 aliphatic carbocycles. The van der Waals surface area contributed by atoms with Gasteiger partial charge in [-0.3, -0.25) is 19.4 Å². The molecule has 3 aromatic rings. The molecule has 1 fully saturated rings. The van der Waals surface area contributed by atoms with E-state index in [0.29, 0.717) is 23.4 Å². The van der Waals surface area contributed by atoms with Gasteiger partial charge in [0.25, 0.3) is 15.9 Å². The lowest BCUT2D eigenvalue weighted by Gasteiger charge is -2.23. The summed E-state index contributed by atoms with van der Waals surface area (Å²) < 4.78 is 34.9. The summed E-state index contributed by atoms with van der Waals surface area (Å²) in [6.07, 6.45) is 8.32. The predicted octanol–water partition coefficient (Wildman–Crippen LogP) is 6.96. The first-order valence-electron chi connectivity index (χ1n) is 14.8. The maximum atomic E-state index is 13.7. The van der Waals surface area contributed by atoms with Crippen LogP contribution >= 0.6 is 0 Å². The summed E-state index contributed by atoms with van der Waals surface area (Å²) in [6.45, 7) is 8.26. The van der Waals surface area contributed by atoms with Crippen LogP contribution in [0.5, 0.6) is 0 Å². The average Bonchev–Trinajstić information content (AvgIpc) is 3.63. The van der Waals surface area contributed by atoms with Gasteiger partial charge in [0.05, 0.1) is 11.4 Å². The number of unbranched alkanes of at least 4 members (excludes halogenated alkanes) is 1. The summed E-state index contributed by atoms with van der Waals surface area (Å²) in [4.78, 5) is 20.8. The number of aryl methyl sites for hydroxylation is 2. The number of nitrogens with zero attached hydrogens (tertiary/aromatic N) is 3. The van der Waals surface area contributed by atoms with Crippen LogP contribution in [0, 0.1) is 13.8 Å². The molecule has 1 spiro atoms. The third-order valence-corrected chi connectivity index (χ3v) is 9.76. The molecule has 8 nitrogen and oxygen atoms in total. The molecule has 2 aliphatic rings. The number of hydrogen-bond acceptors (Lipinski definition) is 6. The number of nitrogens with one attached hydrogen (secondary N) is 1. The summed E-state index contributed by atoms with van der Waals surface area (Å²) in [6, 6.07) is 13.2. The minimum Gasteiger partial charge on any atom is -0.359 e. The first-order valence-corrected chi connectivity index (χ1v) is 16.2. The minimum atomic E-state index is -3.94. The third-order valence-electron chi connectivity index (χ3n) is 8.37. The molecule has 1 N–H and O–H groups in total. The highest BCUT2D eigenvalue weighted by molar-refractivity contribution is 7.92. The summed E-state index contributed by atoms with van der Waals surface area (Å²) in [7, 11) is -3.94. The minimum absolute atomic E-state index is 0.142. The second-order valence-corrected chi connectivity index (χ2v) is 13.0. The van der Waals surface area contributed by atoms with E-state index in [1.165, 1.54) is 0 Å². The van der Waals surface area contributed by atoms with E-state index in [1.807, 2.05) is 29.2 Å². The molecule has 5 rings (SSSR count). The molecule has 0 bridgehead atoms. The van der Waals surface area contributed by atoms with Gasteiger partial charge >= 0.3 is 0 Å². The Morgan fingerprint density at radius 3 is 2.44 bits per heavy atom. The van der Waals surface area contributed by atoms with E-state index in [9.17, 15) is 13.2 Å². The number of anilines is 1. The Morgan fingerprint density at radius 1 is 1.00 bits per heavy atom. The number of carbonyl (C=O) groups is 1. The van der Waals surface area contributed by atoms with Crippen molar-refractivity contribution in [3.05, 3.63) is 64.9 Å². The molecule has 1 aliphatic heterocycles. The number of amides is 1. The van der Waals surface area contributed by atoms with Crippen molar-refractivity contribution in [2.75, 3.05) is 4.72 Å². The Bertz CT molecular complexity index is 1570. The highest BCUT2D eigenvalue weighted by Crippen LogP contribution is 2.40. The zero-order valence-corrected chi connectivity index (χ0v) is 25.3. The van der Waals surface area contributed by atoms with Crippen LogP contribution in [-0.4, -0.2) is 35.8 Å². The molecule has 1 aromatic heterocycles. The van der Waals surface area contributed by atoms with E-state index in [0.717, 1.165) is 80.3 Å². The number of rotatable bonds is 11. The Kier molecular flexibility index (Phi) is 8.36. The molecule has 0 atom stereocenters. The van der Waals surface area contributed by atoms with Crippen molar-refractivity contribution < 1.29 is 17.7 Å². The molecule has 0 unspecified atom stereocenters. The summed E-state index contributed by atoms with van der Waals surface area (Å²) >= 11 is 0. The second-order valence-electron chi connectivity index (χ2n) is 11.3. The van der Waals surface area contributed by atoms with Crippen LogP contribution in [0.2, 0.25) is 0 Å². The molecule has 1 saturated carbocycles. The molecule has 2 heterocycles. The second kappa shape index (κ2) is 11.8. The molecule has 41 heavy (non-hydrogen) atoms. The molecule has 9 heteroatoms. The highest BCUT2D eigenvalue weighted by atomic mass is 32.2. The Hall–Kier alpha value is -3.46. The molecule has 2 aromatic carbocycles. The zero-order chi connectivity index (χ0) is 29.2. The van der Waals surface area contributed by atoms with Gasteiger partial charge in [0.15, 0.2) is 5.82 Å². The maximum Gasteiger partial charge on any atom is 0.263 e. The van der Waals surface area contributed by atoms with Crippen LogP contribution < -0.4 is 4.72 Å². The number of aliphatic imine (C=N–C) groups is 1. The van der Waals surface area contributed by atoms with Crippen LogP contribution in [0.15, 0.2) is 56.9 Å². The Morgan fingerprint density at radius 2 is 1.76 bits per heavy atom. The van der Waals surface area contributed by atoms with Crippen molar-refractivity contribution in [1.82, 2.24) is 10.1 Å². The van der Waals surface area contributed by atoms with E-state index in [1.54, 1.807) is 26.0 Å². The fraction of sp³-hybridized carbons (Fsp3) is 0.469. The number of carbonyl (C=O) groups excluding carboxylic acids is 1. The molecular weight excluding hydrogens is 536 g/mol. The first kappa shape index (κ1) is 29.0. The quantitative estimate of drug-likeness (QED) is 0.266. The molecule has 0 radical (unpaired) electrons. The standard InChI is InChI=1S/C32H40N4O4S/c1-5-7-15-29-33-32(18-10-11-19-32)31(37)36(29)21-24-16-17-26(25(20-24)12-6-2)27-13-8-9-14-28(27)41(38,39)35-30-22(3)23(4)40-34-30/h8-9,13-14,16-17,20H,5-7,10-12,15,18-19,21H2,1-4H3,(H,34,35). The lowest BCUT2D eigenvalue weighted by Crippen LogP contribution is -2.40. The normalized spacial score (nSPS) is 16.5. The van der Waals surface area contributed by atoms with Crippen LogP contribution in [0.3, 0.4) is 0 Å². The fourth-order valence-electron chi connectivity index (χ4n) is 5.98. The van der Waals surface area contributed by atoms with E-state index >= 15 is 0 Å². The number of sulfonamides is 1. The maximum absolute atomic E-state index is 13.7. The predicted molar refractivity (Wildman–Crippen MR) is 161 cm³/mol. The van der Waals surface area contributed by atoms with Gasteiger partial charge in [-0.05, 0) is 62.3 Å². The van der Waals surface area contributed by atoms with Gasteiger partial charge in [-0.25, -0.2) is 8.42 Å². The van der Waals surface area contributed by atoms with Crippen LogP contribution in [0.4, 0.5) is 5.82 Å². The van der Waals surface area contributed by atoms with E-state index < -0.39 is 15.6 Å². The smallest absolute Gasteiger partial charge is 0.263 e. The SMILES string of the molecule is CCCCC1=NC2(CCCC2)C(=O)N1Cc1ccc(-c2ccccc2S(=O)(=O)Nc2noc(C)c2C)c(CCC)c1. The van der Waals surface area contributed by atoms with Crippen molar-refractivity contribution in [3.63, 3.8) is 0 Å². The third kappa shape index (κ3) is 5.69. The average molecular weight is 577 g/mol. The number of aromatic nitrogens is 1. The van der Waals surface area contributed by atoms with E-state index in [-0.39, 0.29) is 16.6 Å². The topological polar surface area (TPSA) is 105 Å². The van der Waals surface area contributed by atoms with Gasteiger partial charge in [-0.1, -0.05) is 81.1 Å². The van der Waals surface area contributed by atoms with Gasteiger partial charge in [0, 0.05) is 17.5 Å². The zero-order valence-electron chi connectivity index (χ0n) is 24.5. The Balaban J connectivity index is 1.47. The highest BCUT2D eigenvalue weighted by Gasteiger charge is 2.49. The number of amidine groups is 1. The van der Waals surface area contributed by atoms with Crippen LogP contribution in [0.1, 0.15) is 87.7 Å². The van der Waals surface area contributed by atoms with E-state index in [2.05, 4.69) is 29.8 Å².